The largest absolute Gasteiger partial charge is 0.492 e. The second kappa shape index (κ2) is 10.2. The summed E-state index contributed by atoms with van der Waals surface area (Å²) in [6, 6.07) is 10.4. The Morgan fingerprint density at radius 1 is 1.17 bits per heavy atom. The molecule has 5 nitrogen and oxygen atoms in total. The zero-order chi connectivity index (χ0) is 17.2. The highest BCUT2D eigenvalue weighted by Gasteiger charge is 2.24. The van der Waals surface area contributed by atoms with Gasteiger partial charge in [0.25, 0.3) is 0 Å². The van der Waals surface area contributed by atoms with Gasteiger partial charge in [-0.3, -0.25) is 9.89 Å². The molecule has 1 fully saturated rings. The number of hydrogen-bond donors (Lipinski definition) is 2. The van der Waals surface area contributed by atoms with Crippen LogP contribution in [-0.4, -0.2) is 56.7 Å². The monoisotopic (exact) mass is 332 g/mol. The number of guanidine groups is 1. The maximum absolute atomic E-state index is 5.69. The zero-order valence-electron chi connectivity index (χ0n) is 15.3. The van der Waals surface area contributed by atoms with Crippen LogP contribution in [-0.2, 0) is 0 Å². The number of likely N-dealkylation sites (tertiary alicyclic amines) is 1. The molecule has 1 aromatic rings. The van der Waals surface area contributed by atoms with Crippen LogP contribution in [0.1, 0.15) is 26.7 Å². The van der Waals surface area contributed by atoms with Crippen LogP contribution in [0.3, 0.4) is 0 Å². The Bertz CT molecular complexity index is 483. The number of benzene rings is 1. The van der Waals surface area contributed by atoms with Gasteiger partial charge in [0, 0.05) is 19.6 Å². The van der Waals surface area contributed by atoms with Crippen LogP contribution in [0.15, 0.2) is 35.3 Å². The fourth-order valence-corrected chi connectivity index (χ4v) is 3.14. The molecule has 1 heterocycles. The second-order valence-electron chi connectivity index (χ2n) is 6.60. The molecule has 24 heavy (non-hydrogen) atoms. The number of ether oxygens (including phenoxy) is 1. The third kappa shape index (κ3) is 6.04. The third-order valence-corrected chi connectivity index (χ3v) is 4.49. The second-order valence-corrected chi connectivity index (χ2v) is 6.60. The molecular formula is C19H32N4O. The molecule has 0 bridgehead atoms. The van der Waals surface area contributed by atoms with E-state index in [9.17, 15) is 0 Å². The van der Waals surface area contributed by atoms with E-state index in [1.807, 2.05) is 37.4 Å². The van der Waals surface area contributed by atoms with Crippen molar-refractivity contribution in [2.75, 3.05) is 39.8 Å². The highest BCUT2D eigenvalue weighted by atomic mass is 16.5. The van der Waals surface area contributed by atoms with Crippen LogP contribution >= 0.6 is 0 Å². The predicted molar refractivity (Wildman–Crippen MR) is 101 cm³/mol. The normalized spacial score (nSPS) is 17.1. The van der Waals surface area contributed by atoms with E-state index in [4.69, 9.17) is 4.74 Å². The van der Waals surface area contributed by atoms with Crippen molar-refractivity contribution in [3.8, 4) is 5.75 Å². The molecule has 0 saturated carbocycles. The molecule has 1 aliphatic heterocycles. The maximum Gasteiger partial charge on any atom is 0.191 e. The summed E-state index contributed by atoms with van der Waals surface area (Å²) in [5, 5.41) is 6.79. The molecule has 0 spiro atoms. The molecule has 1 saturated heterocycles. The summed E-state index contributed by atoms with van der Waals surface area (Å²) in [5.41, 5.74) is 0. The smallest absolute Gasteiger partial charge is 0.191 e. The summed E-state index contributed by atoms with van der Waals surface area (Å²) >= 11 is 0. The van der Waals surface area contributed by atoms with Gasteiger partial charge in [0.15, 0.2) is 5.96 Å². The van der Waals surface area contributed by atoms with Crippen LogP contribution in [0.25, 0.3) is 0 Å². The number of aliphatic imine (C=N–C) groups is 1. The van der Waals surface area contributed by atoms with Crippen molar-refractivity contribution in [1.29, 1.82) is 0 Å². The fraction of sp³-hybridized carbons (Fsp3) is 0.632. The van der Waals surface area contributed by atoms with Gasteiger partial charge in [0.05, 0.1) is 6.54 Å². The van der Waals surface area contributed by atoms with Gasteiger partial charge in [-0.25, -0.2) is 0 Å². The van der Waals surface area contributed by atoms with Crippen molar-refractivity contribution in [3.63, 3.8) is 0 Å². The number of para-hydroxylation sites is 1. The molecule has 1 aliphatic rings. The van der Waals surface area contributed by atoms with Gasteiger partial charge in [-0.15, -0.1) is 0 Å². The average molecular weight is 332 g/mol. The Hall–Kier alpha value is -1.75. The molecule has 2 rings (SSSR count). The molecule has 5 heteroatoms. The molecule has 1 unspecified atom stereocenters. The van der Waals surface area contributed by atoms with Gasteiger partial charge < -0.3 is 15.4 Å². The van der Waals surface area contributed by atoms with E-state index in [1.54, 1.807) is 0 Å². The first-order chi connectivity index (χ1) is 11.7. The molecule has 0 aliphatic carbocycles. The van der Waals surface area contributed by atoms with Crippen LogP contribution < -0.4 is 15.4 Å². The average Bonchev–Trinajstić information content (AvgIpc) is 3.12. The maximum atomic E-state index is 5.69. The first kappa shape index (κ1) is 18.6. The lowest BCUT2D eigenvalue weighted by atomic mass is 10.0. The minimum absolute atomic E-state index is 0.562. The van der Waals surface area contributed by atoms with Crippen LogP contribution in [0.4, 0.5) is 0 Å². The van der Waals surface area contributed by atoms with Gasteiger partial charge in [-0.05, 0) is 44.0 Å². The van der Waals surface area contributed by atoms with Crippen LogP contribution in [0, 0.1) is 5.92 Å². The molecule has 2 N–H and O–H groups in total. The lowest BCUT2D eigenvalue weighted by molar-refractivity contribution is 0.192. The summed E-state index contributed by atoms with van der Waals surface area (Å²) in [5.74, 6) is 2.38. The molecule has 134 valence electrons. The van der Waals surface area contributed by atoms with Crippen LogP contribution in [0.5, 0.6) is 5.75 Å². The highest BCUT2D eigenvalue weighted by molar-refractivity contribution is 5.79. The highest BCUT2D eigenvalue weighted by Crippen LogP contribution is 2.17. The van der Waals surface area contributed by atoms with Crippen molar-refractivity contribution in [1.82, 2.24) is 15.5 Å². The Labute approximate surface area is 146 Å². The molecule has 0 amide bonds. The number of nitrogens with one attached hydrogen (secondary N) is 2. The van der Waals surface area contributed by atoms with E-state index < -0.39 is 0 Å². The predicted octanol–water partition coefficient (Wildman–Crippen LogP) is 2.35. The first-order valence-electron chi connectivity index (χ1n) is 9.07. The molecule has 0 radical (unpaired) electrons. The summed E-state index contributed by atoms with van der Waals surface area (Å²) in [7, 11) is 1.81. The van der Waals surface area contributed by atoms with E-state index in [2.05, 4.69) is 34.4 Å². The van der Waals surface area contributed by atoms with Gasteiger partial charge in [-0.1, -0.05) is 32.0 Å². The van der Waals surface area contributed by atoms with E-state index >= 15 is 0 Å². The zero-order valence-corrected chi connectivity index (χ0v) is 15.3. The third-order valence-electron chi connectivity index (χ3n) is 4.49. The van der Waals surface area contributed by atoms with Gasteiger partial charge in [-0.2, -0.15) is 0 Å². The van der Waals surface area contributed by atoms with Crippen molar-refractivity contribution >= 4 is 5.96 Å². The topological polar surface area (TPSA) is 48.9 Å². The number of hydrogen-bond acceptors (Lipinski definition) is 3. The van der Waals surface area contributed by atoms with E-state index in [-0.39, 0.29) is 0 Å². The van der Waals surface area contributed by atoms with Crippen molar-refractivity contribution in [3.05, 3.63) is 30.3 Å². The minimum atomic E-state index is 0.562. The minimum Gasteiger partial charge on any atom is -0.492 e. The van der Waals surface area contributed by atoms with E-state index in [1.165, 1.54) is 25.9 Å². The lowest BCUT2D eigenvalue weighted by Gasteiger charge is -2.31. The first-order valence-corrected chi connectivity index (χ1v) is 9.07. The summed E-state index contributed by atoms with van der Waals surface area (Å²) < 4.78 is 5.69. The van der Waals surface area contributed by atoms with Crippen molar-refractivity contribution in [2.45, 2.75) is 32.7 Å². The van der Waals surface area contributed by atoms with E-state index in [0.717, 1.165) is 24.8 Å². The number of rotatable bonds is 8. The summed E-state index contributed by atoms with van der Waals surface area (Å²) in [6.45, 7) is 9.32. The standard InChI is InChI=1S/C19H32N4O/c1-16(2)18(23-12-7-8-13-23)15-22-19(20-3)21-11-14-24-17-9-5-4-6-10-17/h4-6,9-10,16,18H,7-8,11-15H2,1-3H3,(H2,20,21,22). The molecule has 1 aromatic carbocycles. The van der Waals surface area contributed by atoms with Crippen molar-refractivity contribution in [2.24, 2.45) is 10.9 Å². The number of nitrogens with zero attached hydrogens (tertiary/aromatic N) is 2. The Morgan fingerprint density at radius 2 is 1.88 bits per heavy atom. The Balaban J connectivity index is 1.69. The van der Waals surface area contributed by atoms with Crippen molar-refractivity contribution < 1.29 is 4.74 Å². The molecular weight excluding hydrogens is 300 g/mol. The Morgan fingerprint density at radius 3 is 2.50 bits per heavy atom. The lowest BCUT2D eigenvalue weighted by Crippen LogP contribution is -2.49. The fourth-order valence-electron chi connectivity index (χ4n) is 3.14. The van der Waals surface area contributed by atoms with Crippen LogP contribution in [0.2, 0.25) is 0 Å². The van der Waals surface area contributed by atoms with Gasteiger partial charge >= 0.3 is 0 Å². The van der Waals surface area contributed by atoms with Gasteiger partial charge in [0.1, 0.15) is 12.4 Å². The molecule has 1 atom stereocenters. The van der Waals surface area contributed by atoms with E-state index in [0.29, 0.717) is 18.6 Å². The quantitative estimate of drug-likeness (QED) is 0.436. The SMILES string of the molecule is CN=C(NCCOc1ccccc1)NCC(C(C)C)N1CCCC1. The molecule has 0 aromatic heterocycles. The Kier molecular flexibility index (Phi) is 7.89. The summed E-state index contributed by atoms with van der Waals surface area (Å²) in [4.78, 5) is 6.91. The summed E-state index contributed by atoms with van der Waals surface area (Å²) in [6.07, 6.45) is 2.65. The van der Waals surface area contributed by atoms with Gasteiger partial charge in [0.2, 0.25) is 0 Å².